The van der Waals surface area contributed by atoms with Crippen molar-refractivity contribution in [2.24, 2.45) is 17.8 Å². The van der Waals surface area contributed by atoms with Gasteiger partial charge in [-0.15, -0.1) is 0 Å². The number of fused-ring (bicyclic) bond motifs is 3. The molecule has 2 nitrogen and oxygen atoms in total. The highest BCUT2D eigenvalue weighted by molar-refractivity contribution is 5.73. The predicted molar refractivity (Wildman–Crippen MR) is 100 cm³/mol. The Morgan fingerprint density at radius 2 is 1.75 bits per heavy atom. The van der Waals surface area contributed by atoms with Gasteiger partial charge in [-0.2, -0.15) is 0 Å². The van der Waals surface area contributed by atoms with Gasteiger partial charge in [-0.1, -0.05) is 39.5 Å². The Balaban J connectivity index is 1.57. The molecular formula is C22H32N2. The van der Waals surface area contributed by atoms with E-state index in [9.17, 15) is 0 Å². The van der Waals surface area contributed by atoms with Crippen LogP contribution in [0.3, 0.4) is 0 Å². The molecule has 1 heterocycles. The Labute approximate surface area is 146 Å². The van der Waals surface area contributed by atoms with Crippen LogP contribution in [0.2, 0.25) is 0 Å². The zero-order chi connectivity index (χ0) is 16.5. The number of hydrogen-bond donors (Lipinski definition) is 1. The molecule has 130 valence electrons. The maximum atomic E-state index is 4.66. The quantitative estimate of drug-likeness (QED) is 0.757. The number of nitrogens with one attached hydrogen (secondary N) is 1. The number of aromatic amines is 1. The monoisotopic (exact) mass is 324 g/mol. The number of H-pyrrole nitrogens is 1. The first-order valence-corrected chi connectivity index (χ1v) is 10.2. The molecule has 0 spiro atoms. The molecule has 4 rings (SSSR count). The van der Waals surface area contributed by atoms with Gasteiger partial charge >= 0.3 is 0 Å². The first kappa shape index (κ1) is 16.2. The fourth-order valence-corrected chi connectivity index (χ4v) is 5.20. The van der Waals surface area contributed by atoms with E-state index in [1.807, 2.05) is 6.33 Å². The van der Waals surface area contributed by atoms with Gasteiger partial charge < -0.3 is 4.98 Å². The summed E-state index contributed by atoms with van der Waals surface area (Å²) in [6.07, 6.45) is 15.4. The summed E-state index contributed by atoms with van der Waals surface area (Å²) in [5.41, 5.74) is 7.41. The van der Waals surface area contributed by atoms with Gasteiger partial charge in [0.25, 0.3) is 0 Å². The number of rotatable bonds is 4. The van der Waals surface area contributed by atoms with Crippen LogP contribution in [0.15, 0.2) is 12.4 Å². The van der Waals surface area contributed by atoms with E-state index in [1.165, 1.54) is 81.2 Å². The van der Waals surface area contributed by atoms with Crippen LogP contribution in [-0.4, -0.2) is 9.97 Å². The second-order valence-electron chi connectivity index (χ2n) is 8.31. The SMILES string of the molecule is CCC1CCC(Cc2[nH]cnc3cc4c(c2-3)CCC(CC)C4)CC1. The Morgan fingerprint density at radius 1 is 1.00 bits per heavy atom. The molecule has 1 unspecified atom stereocenters. The summed E-state index contributed by atoms with van der Waals surface area (Å²) in [7, 11) is 0. The van der Waals surface area contributed by atoms with Crippen LogP contribution in [0, 0.1) is 17.8 Å². The fraction of sp³-hybridized carbons (Fsp3) is 0.682. The topological polar surface area (TPSA) is 28.7 Å². The molecule has 0 radical (unpaired) electrons. The highest BCUT2D eigenvalue weighted by Crippen LogP contribution is 2.41. The van der Waals surface area contributed by atoms with Gasteiger partial charge in [-0.25, -0.2) is 4.98 Å². The van der Waals surface area contributed by atoms with Crippen molar-refractivity contribution in [3.63, 3.8) is 0 Å². The van der Waals surface area contributed by atoms with E-state index in [0.717, 1.165) is 17.8 Å². The molecule has 1 aliphatic heterocycles. The predicted octanol–water partition coefficient (Wildman–Crippen LogP) is 5.79. The van der Waals surface area contributed by atoms with Crippen LogP contribution in [0.5, 0.6) is 0 Å². The van der Waals surface area contributed by atoms with E-state index in [1.54, 1.807) is 11.1 Å². The van der Waals surface area contributed by atoms with Gasteiger partial charge in [0.05, 0.1) is 12.0 Å². The van der Waals surface area contributed by atoms with Crippen molar-refractivity contribution >= 4 is 0 Å². The summed E-state index contributed by atoms with van der Waals surface area (Å²) >= 11 is 0. The molecule has 1 fully saturated rings. The molecule has 0 aromatic rings. The van der Waals surface area contributed by atoms with E-state index < -0.39 is 0 Å². The molecular weight excluding hydrogens is 292 g/mol. The molecule has 1 N–H and O–H groups in total. The summed E-state index contributed by atoms with van der Waals surface area (Å²) in [5, 5.41) is 0. The van der Waals surface area contributed by atoms with Crippen LogP contribution in [-0.2, 0) is 19.3 Å². The summed E-state index contributed by atoms with van der Waals surface area (Å²) < 4.78 is 0. The van der Waals surface area contributed by atoms with Crippen molar-refractivity contribution in [3.8, 4) is 11.3 Å². The summed E-state index contributed by atoms with van der Waals surface area (Å²) in [4.78, 5) is 8.19. The van der Waals surface area contributed by atoms with Gasteiger partial charge in [0.2, 0.25) is 0 Å². The zero-order valence-electron chi connectivity index (χ0n) is 15.4. The normalized spacial score (nSPS) is 27.3. The van der Waals surface area contributed by atoms with Gasteiger partial charge in [0, 0.05) is 11.3 Å². The van der Waals surface area contributed by atoms with E-state index in [-0.39, 0.29) is 0 Å². The van der Waals surface area contributed by atoms with Crippen LogP contribution in [0.25, 0.3) is 11.3 Å². The third-order valence-corrected chi connectivity index (χ3v) is 6.93. The number of nitrogens with zero attached hydrogens (tertiary/aromatic N) is 1. The number of aromatic nitrogens is 2. The molecule has 4 aliphatic rings. The molecule has 1 atom stereocenters. The van der Waals surface area contributed by atoms with Crippen molar-refractivity contribution in [1.82, 2.24) is 9.97 Å². The van der Waals surface area contributed by atoms with Crippen LogP contribution in [0.4, 0.5) is 0 Å². The lowest BCUT2D eigenvalue weighted by Gasteiger charge is -2.28. The van der Waals surface area contributed by atoms with E-state index in [0.29, 0.717) is 0 Å². The average Bonchev–Trinajstić information content (AvgIpc) is 3.00. The minimum absolute atomic E-state index is 0.868. The zero-order valence-corrected chi connectivity index (χ0v) is 15.4. The highest BCUT2D eigenvalue weighted by Gasteiger charge is 2.28. The van der Waals surface area contributed by atoms with Gasteiger partial charge in [0.1, 0.15) is 0 Å². The molecule has 0 amide bonds. The van der Waals surface area contributed by atoms with Gasteiger partial charge in [-0.05, 0) is 73.5 Å². The highest BCUT2D eigenvalue weighted by atomic mass is 14.9. The van der Waals surface area contributed by atoms with Gasteiger partial charge in [-0.3, -0.25) is 0 Å². The standard InChI is InChI=1S/C22H32N2/c1-3-15-5-7-17(8-6-15)12-20-22-19-10-9-16(4-2)11-18(19)13-21(22)24-14-23-20/h13-17H,3-12H2,1-2H3,(H,23,24). The molecule has 3 aliphatic carbocycles. The van der Waals surface area contributed by atoms with Crippen LogP contribution >= 0.6 is 0 Å². The molecule has 0 bridgehead atoms. The third kappa shape index (κ3) is 3.00. The smallest absolute Gasteiger partial charge is 0.0928 e. The van der Waals surface area contributed by atoms with Crippen LogP contribution < -0.4 is 0 Å². The molecule has 24 heavy (non-hydrogen) atoms. The minimum atomic E-state index is 0.868. The lowest BCUT2D eigenvalue weighted by Crippen LogP contribution is -2.17. The Bertz CT molecular complexity index is 648. The van der Waals surface area contributed by atoms with Crippen molar-refractivity contribution < 1.29 is 0 Å². The van der Waals surface area contributed by atoms with E-state index >= 15 is 0 Å². The summed E-state index contributed by atoms with van der Waals surface area (Å²) in [6.45, 7) is 4.69. The Hall–Kier alpha value is -1.31. The minimum Gasteiger partial charge on any atom is -0.349 e. The van der Waals surface area contributed by atoms with Crippen molar-refractivity contribution in [3.05, 3.63) is 29.2 Å². The third-order valence-electron chi connectivity index (χ3n) is 6.93. The van der Waals surface area contributed by atoms with Crippen molar-refractivity contribution in [2.45, 2.75) is 78.1 Å². The molecule has 0 aromatic heterocycles. The maximum absolute atomic E-state index is 4.66. The maximum Gasteiger partial charge on any atom is 0.0928 e. The second-order valence-corrected chi connectivity index (χ2v) is 8.31. The Kier molecular flexibility index (Phi) is 4.65. The molecule has 1 saturated carbocycles. The number of hydrogen-bond acceptors (Lipinski definition) is 1. The van der Waals surface area contributed by atoms with Gasteiger partial charge in [0.15, 0.2) is 0 Å². The fourth-order valence-electron chi connectivity index (χ4n) is 5.20. The molecule has 0 saturated heterocycles. The molecule has 0 aromatic carbocycles. The summed E-state index contributed by atoms with van der Waals surface area (Å²) in [6, 6.07) is 2.39. The first-order valence-electron chi connectivity index (χ1n) is 10.2. The van der Waals surface area contributed by atoms with Crippen LogP contribution in [0.1, 0.15) is 75.6 Å². The van der Waals surface area contributed by atoms with E-state index in [2.05, 4.69) is 29.9 Å². The summed E-state index contributed by atoms with van der Waals surface area (Å²) in [5.74, 6) is 2.73. The second kappa shape index (κ2) is 6.90. The van der Waals surface area contributed by atoms with E-state index in [4.69, 9.17) is 0 Å². The lowest BCUT2D eigenvalue weighted by molar-refractivity contribution is 0.267. The first-order chi connectivity index (χ1) is 11.8. The average molecular weight is 325 g/mol. The molecule has 2 heteroatoms. The Morgan fingerprint density at radius 3 is 2.50 bits per heavy atom. The lowest BCUT2D eigenvalue weighted by atomic mass is 9.78. The van der Waals surface area contributed by atoms with Crippen molar-refractivity contribution in [2.75, 3.05) is 0 Å². The van der Waals surface area contributed by atoms with Crippen molar-refractivity contribution in [1.29, 1.82) is 0 Å². The largest absolute Gasteiger partial charge is 0.349 e.